The van der Waals surface area contributed by atoms with Gasteiger partial charge >= 0.3 is 0 Å². The summed E-state index contributed by atoms with van der Waals surface area (Å²) in [6.45, 7) is 1.80. The Hall–Kier alpha value is -2.11. The summed E-state index contributed by atoms with van der Waals surface area (Å²) in [5.41, 5.74) is 4.46. The van der Waals surface area contributed by atoms with Gasteiger partial charge in [-0.05, 0) is 72.1 Å². The molecule has 1 heterocycles. The molecule has 0 spiro atoms. The van der Waals surface area contributed by atoms with Gasteiger partial charge < -0.3 is 10.1 Å². The van der Waals surface area contributed by atoms with Gasteiger partial charge in [-0.15, -0.1) is 0 Å². The molecule has 3 aromatic rings. The Balaban J connectivity index is 1.48. The molecule has 0 radical (unpaired) electrons. The smallest absolute Gasteiger partial charge is 0.266 e. The lowest BCUT2D eigenvalue weighted by Crippen LogP contribution is -2.36. The van der Waals surface area contributed by atoms with E-state index in [0.717, 1.165) is 29.4 Å². The highest BCUT2D eigenvalue weighted by molar-refractivity contribution is 7.80. The lowest BCUT2D eigenvalue weighted by molar-refractivity contribution is 0.230. The second-order valence-corrected chi connectivity index (χ2v) is 9.30. The van der Waals surface area contributed by atoms with Crippen LogP contribution < -0.4 is 10.1 Å². The highest BCUT2D eigenvalue weighted by Crippen LogP contribution is 2.43. The van der Waals surface area contributed by atoms with Gasteiger partial charge in [0.1, 0.15) is 5.75 Å². The van der Waals surface area contributed by atoms with Crippen molar-refractivity contribution in [2.75, 3.05) is 11.9 Å². The number of benzene rings is 3. The average Bonchev–Trinajstić information content (AvgIpc) is 3.60. The number of thiocarbonyl (C=S) groups is 1. The number of rotatable bonds is 4. The van der Waals surface area contributed by atoms with E-state index >= 15 is 0 Å². The molecule has 6 heteroatoms. The molecule has 1 atom stereocenters. The van der Waals surface area contributed by atoms with Crippen LogP contribution in [-0.2, 0) is 6.54 Å². The van der Waals surface area contributed by atoms with Crippen molar-refractivity contribution < 1.29 is 4.74 Å². The Kier molecular flexibility index (Phi) is 5.89. The molecule has 0 aromatic heterocycles. The zero-order valence-corrected chi connectivity index (χ0v) is 19.2. The minimum Gasteiger partial charge on any atom is -0.432 e. The maximum absolute atomic E-state index is 6.64. The van der Waals surface area contributed by atoms with Crippen molar-refractivity contribution in [3.05, 3.63) is 93.5 Å². The molecular formula is C25H22Cl2N2OS. The zero-order valence-electron chi connectivity index (χ0n) is 16.9. The SMILES string of the molecule is S=C(Nc1ccccc1[C@@H]1CN(C2CC2)Cc2c(Cl)cc(Cl)cc21)Oc1ccccc1. The van der Waals surface area contributed by atoms with E-state index in [1.807, 2.05) is 48.5 Å². The Morgan fingerprint density at radius 1 is 0.968 bits per heavy atom. The van der Waals surface area contributed by atoms with Crippen LogP contribution >= 0.6 is 35.4 Å². The third kappa shape index (κ3) is 4.58. The molecule has 1 aliphatic heterocycles. The molecule has 1 fully saturated rings. The highest BCUT2D eigenvalue weighted by Gasteiger charge is 2.37. The second kappa shape index (κ2) is 8.79. The first-order valence-corrected chi connectivity index (χ1v) is 11.6. The summed E-state index contributed by atoms with van der Waals surface area (Å²) < 4.78 is 5.81. The van der Waals surface area contributed by atoms with Crippen LogP contribution in [0.25, 0.3) is 0 Å². The summed E-state index contributed by atoms with van der Waals surface area (Å²) in [5, 5.41) is 5.03. The number of para-hydroxylation sites is 2. The van der Waals surface area contributed by atoms with Crippen LogP contribution in [0, 0.1) is 0 Å². The fourth-order valence-electron chi connectivity index (χ4n) is 4.33. The maximum atomic E-state index is 6.64. The van der Waals surface area contributed by atoms with Crippen LogP contribution in [0.2, 0.25) is 10.0 Å². The van der Waals surface area contributed by atoms with E-state index in [0.29, 0.717) is 22.0 Å². The molecule has 0 bridgehead atoms. The molecule has 0 amide bonds. The Morgan fingerprint density at radius 3 is 2.48 bits per heavy atom. The molecule has 5 rings (SSSR count). The molecule has 1 aliphatic carbocycles. The number of hydrogen-bond acceptors (Lipinski definition) is 3. The summed E-state index contributed by atoms with van der Waals surface area (Å²) in [7, 11) is 0. The van der Waals surface area contributed by atoms with Crippen molar-refractivity contribution in [2.24, 2.45) is 0 Å². The van der Waals surface area contributed by atoms with E-state index < -0.39 is 0 Å². The van der Waals surface area contributed by atoms with E-state index in [1.54, 1.807) is 0 Å². The van der Waals surface area contributed by atoms with Crippen LogP contribution in [0.5, 0.6) is 5.75 Å². The van der Waals surface area contributed by atoms with Crippen molar-refractivity contribution in [3.63, 3.8) is 0 Å². The van der Waals surface area contributed by atoms with Gasteiger partial charge in [-0.1, -0.05) is 59.6 Å². The monoisotopic (exact) mass is 468 g/mol. The second-order valence-electron chi connectivity index (χ2n) is 8.08. The van der Waals surface area contributed by atoms with Gasteiger partial charge in [0.25, 0.3) is 5.17 Å². The number of anilines is 1. The Labute approximate surface area is 197 Å². The molecule has 1 saturated carbocycles. The zero-order chi connectivity index (χ0) is 21.4. The molecule has 1 N–H and O–H groups in total. The molecule has 0 unspecified atom stereocenters. The summed E-state index contributed by atoms with van der Waals surface area (Å²) in [6.07, 6.45) is 2.50. The number of fused-ring (bicyclic) bond motifs is 1. The number of ether oxygens (including phenoxy) is 1. The van der Waals surface area contributed by atoms with Gasteiger partial charge in [-0.25, -0.2) is 0 Å². The van der Waals surface area contributed by atoms with Gasteiger partial charge in [-0.3, -0.25) is 4.90 Å². The number of nitrogens with one attached hydrogen (secondary N) is 1. The van der Waals surface area contributed by atoms with E-state index in [1.165, 1.54) is 24.0 Å². The number of nitrogens with zero attached hydrogens (tertiary/aromatic N) is 1. The first-order valence-electron chi connectivity index (χ1n) is 10.4. The van der Waals surface area contributed by atoms with Crippen LogP contribution in [-0.4, -0.2) is 22.7 Å². The van der Waals surface area contributed by atoms with E-state index in [4.69, 9.17) is 40.2 Å². The summed E-state index contributed by atoms with van der Waals surface area (Å²) >= 11 is 18.5. The lowest BCUT2D eigenvalue weighted by atomic mass is 9.83. The predicted molar refractivity (Wildman–Crippen MR) is 131 cm³/mol. The van der Waals surface area contributed by atoms with Gasteiger partial charge in [0, 0.05) is 40.8 Å². The molecule has 2 aliphatic rings. The molecule has 0 saturated heterocycles. The largest absolute Gasteiger partial charge is 0.432 e. The van der Waals surface area contributed by atoms with Crippen molar-refractivity contribution in [1.82, 2.24) is 4.90 Å². The van der Waals surface area contributed by atoms with Crippen LogP contribution in [0.15, 0.2) is 66.7 Å². The third-order valence-electron chi connectivity index (χ3n) is 5.94. The fourth-order valence-corrected chi connectivity index (χ4v) is 5.11. The first-order chi connectivity index (χ1) is 15.1. The third-order valence-corrected chi connectivity index (χ3v) is 6.68. The van der Waals surface area contributed by atoms with Gasteiger partial charge in [0.2, 0.25) is 0 Å². The summed E-state index contributed by atoms with van der Waals surface area (Å²) in [4.78, 5) is 2.54. The summed E-state index contributed by atoms with van der Waals surface area (Å²) in [6, 6.07) is 22.4. The van der Waals surface area contributed by atoms with E-state index in [2.05, 4.69) is 28.4 Å². The molecular weight excluding hydrogens is 447 g/mol. The standard InChI is InChI=1S/C25H22Cl2N2OS/c26-16-12-20-21(14-29(17-10-11-17)15-22(20)23(27)13-16)19-8-4-5-9-24(19)28-25(31)30-18-6-2-1-3-7-18/h1-9,12-13,17,21H,10-11,14-15H2,(H,28,31)/t21-/m0/s1. The number of halogens is 2. The molecule has 158 valence electrons. The number of hydrogen-bond donors (Lipinski definition) is 1. The maximum Gasteiger partial charge on any atom is 0.266 e. The minimum atomic E-state index is 0.142. The minimum absolute atomic E-state index is 0.142. The van der Waals surface area contributed by atoms with E-state index in [9.17, 15) is 0 Å². The van der Waals surface area contributed by atoms with Gasteiger partial charge in [0.05, 0.1) is 0 Å². The fraction of sp³-hybridized carbons (Fsp3) is 0.240. The first kappa shape index (κ1) is 20.8. The normalized spacial score (nSPS) is 18.3. The topological polar surface area (TPSA) is 24.5 Å². The molecule has 3 aromatic carbocycles. The molecule has 31 heavy (non-hydrogen) atoms. The lowest BCUT2D eigenvalue weighted by Gasteiger charge is -2.36. The van der Waals surface area contributed by atoms with Crippen molar-refractivity contribution in [2.45, 2.75) is 31.3 Å². The van der Waals surface area contributed by atoms with Gasteiger partial charge in [-0.2, -0.15) is 0 Å². The van der Waals surface area contributed by atoms with Crippen LogP contribution in [0.3, 0.4) is 0 Å². The van der Waals surface area contributed by atoms with Crippen molar-refractivity contribution >= 4 is 46.3 Å². The average molecular weight is 469 g/mol. The van der Waals surface area contributed by atoms with Gasteiger partial charge in [0.15, 0.2) is 0 Å². The van der Waals surface area contributed by atoms with Crippen molar-refractivity contribution in [3.8, 4) is 5.75 Å². The van der Waals surface area contributed by atoms with E-state index in [-0.39, 0.29) is 5.92 Å². The Morgan fingerprint density at radius 2 is 1.71 bits per heavy atom. The van der Waals surface area contributed by atoms with Crippen LogP contribution in [0.1, 0.15) is 35.4 Å². The highest BCUT2D eigenvalue weighted by atomic mass is 35.5. The Bertz CT molecular complexity index is 1120. The summed E-state index contributed by atoms with van der Waals surface area (Å²) in [5.74, 6) is 0.850. The van der Waals surface area contributed by atoms with Crippen LogP contribution in [0.4, 0.5) is 5.69 Å². The van der Waals surface area contributed by atoms with Crippen molar-refractivity contribution in [1.29, 1.82) is 0 Å². The quantitative estimate of drug-likeness (QED) is 0.421. The molecule has 3 nitrogen and oxygen atoms in total. The predicted octanol–water partition coefficient (Wildman–Crippen LogP) is 6.88.